The second kappa shape index (κ2) is 5.04. The molecule has 0 saturated heterocycles. The molecule has 0 fully saturated rings. The van der Waals surface area contributed by atoms with Gasteiger partial charge < -0.3 is 4.74 Å². The van der Waals surface area contributed by atoms with Gasteiger partial charge in [-0.2, -0.15) is 4.98 Å². The van der Waals surface area contributed by atoms with Crippen molar-refractivity contribution in [3.63, 3.8) is 0 Å². The van der Waals surface area contributed by atoms with Crippen LogP contribution in [0.3, 0.4) is 0 Å². The number of aromatic nitrogens is 2. The number of fused-ring (bicyclic) bond motifs is 1. The van der Waals surface area contributed by atoms with E-state index in [-0.39, 0.29) is 5.28 Å². The normalized spacial score (nSPS) is 11.0. The van der Waals surface area contributed by atoms with Crippen LogP contribution in [0.5, 0.6) is 11.6 Å². The Morgan fingerprint density at radius 2 is 1.95 bits per heavy atom. The minimum atomic E-state index is 0.208. The number of rotatable bonds is 2. The van der Waals surface area contributed by atoms with Crippen LogP contribution in [0, 0.1) is 20.8 Å². The molecule has 2 aromatic heterocycles. The lowest BCUT2D eigenvalue weighted by Gasteiger charge is -2.10. The zero-order chi connectivity index (χ0) is 14.3. The summed E-state index contributed by atoms with van der Waals surface area (Å²) in [6, 6.07) is 7.98. The molecular weight excluding hydrogens is 292 g/mol. The molecule has 0 unspecified atom stereocenters. The molecule has 0 N–H and O–H groups in total. The lowest BCUT2D eigenvalue weighted by Crippen LogP contribution is -1.94. The third kappa shape index (κ3) is 2.37. The fourth-order valence-corrected chi connectivity index (χ4v) is 3.09. The molecule has 0 saturated carbocycles. The monoisotopic (exact) mass is 304 g/mol. The molecule has 0 aliphatic rings. The van der Waals surface area contributed by atoms with Gasteiger partial charge in [-0.1, -0.05) is 12.1 Å². The van der Waals surface area contributed by atoms with Crippen molar-refractivity contribution in [2.45, 2.75) is 20.8 Å². The molecule has 2 heterocycles. The molecule has 0 bridgehead atoms. The first-order valence-electron chi connectivity index (χ1n) is 6.22. The lowest BCUT2D eigenvalue weighted by molar-refractivity contribution is 0.464. The number of nitrogens with zero attached hydrogens (tertiary/aromatic N) is 2. The molecule has 20 heavy (non-hydrogen) atoms. The minimum Gasteiger partial charge on any atom is -0.438 e. The van der Waals surface area contributed by atoms with E-state index in [0.29, 0.717) is 5.88 Å². The Balaban J connectivity index is 2.12. The number of ether oxygens (including phenoxy) is 1. The molecule has 3 rings (SSSR count). The van der Waals surface area contributed by atoms with Gasteiger partial charge in [-0.3, -0.25) is 0 Å². The van der Waals surface area contributed by atoms with Crippen molar-refractivity contribution in [2.75, 3.05) is 0 Å². The van der Waals surface area contributed by atoms with Crippen LogP contribution in [0.2, 0.25) is 5.28 Å². The summed E-state index contributed by atoms with van der Waals surface area (Å²) in [6.45, 7) is 6.12. The quantitative estimate of drug-likeness (QED) is 0.620. The first kappa shape index (κ1) is 13.3. The van der Waals surface area contributed by atoms with Crippen molar-refractivity contribution in [1.82, 2.24) is 9.97 Å². The van der Waals surface area contributed by atoms with Crippen molar-refractivity contribution in [3.05, 3.63) is 45.6 Å². The van der Waals surface area contributed by atoms with Gasteiger partial charge in [0.25, 0.3) is 0 Å². The molecule has 1 aromatic carbocycles. The van der Waals surface area contributed by atoms with E-state index in [2.05, 4.69) is 23.0 Å². The number of benzene rings is 1. The van der Waals surface area contributed by atoms with Crippen LogP contribution >= 0.6 is 22.9 Å². The van der Waals surface area contributed by atoms with E-state index in [4.69, 9.17) is 16.3 Å². The maximum atomic E-state index is 5.97. The average Bonchev–Trinajstić information content (AvgIpc) is 2.75. The fraction of sp³-hybridized carbons (Fsp3) is 0.200. The molecule has 0 spiro atoms. The van der Waals surface area contributed by atoms with Crippen LogP contribution in [0.15, 0.2) is 24.3 Å². The van der Waals surface area contributed by atoms with Crippen molar-refractivity contribution in [3.8, 4) is 11.6 Å². The Morgan fingerprint density at radius 1 is 1.15 bits per heavy atom. The Hall–Kier alpha value is -1.65. The van der Waals surface area contributed by atoms with Gasteiger partial charge in [0.2, 0.25) is 11.2 Å². The molecule has 0 aliphatic carbocycles. The maximum absolute atomic E-state index is 5.97. The largest absolute Gasteiger partial charge is 0.438 e. The van der Waals surface area contributed by atoms with Gasteiger partial charge in [-0.05, 0) is 55.6 Å². The summed E-state index contributed by atoms with van der Waals surface area (Å²) in [7, 11) is 0. The van der Waals surface area contributed by atoms with Crippen LogP contribution in [-0.2, 0) is 0 Å². The summed E-state index contributed by atoms with van der Waals surface area (Å²) < 4.78 is 5.97. The van der Waals surface area contributed by atoms with E-state index < -0.39 is 0 Å². The Morgan fingerprint density at radius 3 is 2.75 bits per heavy atom. The van der Waals surface area contributed by atoms with Gasteiger partial charge in [0.05, 0.1) is 5.39 Å². The number of thiophene rings is 1. The Labute approximate surface area is 126 Å². The highest BCUT2D eigenvalue weighted by Gasteiger charge is 2.13. The summed E-state index contributed by atoms with van der Waals surface area (Å²) in [5.74, 6) is 1.31. The van der Waals surface area contributed by atoms with E-state index in [1.807, 2.05) is 32.0 Å². The topological polar surface area (TPSA) is 35.0 Å². The molecule has 0 amide bonds. The van der Waals surface area contributed by atoms with Gasteiger partial charge in [0.1, 0.15) is 10.6 Å². The summed E-state index contributed by atoms with van der Waals surface area (Å²) in [5.41, 5.74) is 2.28. The summed E-state index contributed by atoms with van der Waals surface area (Å²) >= 11 is 7.56. The van der Waals surface area contributed by atoms with Crippen LogP contribution in [-0.4, -0.2) is 9.97 Å². The number of aryl methyl sites for hydroxylation is 2. The van der Waals surface area contributed by atoms with Crippen LogP contribution in [0.25, 0.3) is 10.2 Å². The van der Waals surface area contributed by atoms with E-state index in [1.165, 1.54) is 5.56 Å². The first-order valence-corrected chi connectivity index (χ1v) is 7.42. The van der Waals surface area contributed by atoms with E-state index in [1.54, 1.807) is 11.3 Å². The third-order valence-corrected chi connectivity index (χ3v) is 4.33. The van der Waals surface area contributed by atoms with Crippen molar-refractivity contribution in [2.24, 2.45) is 0 Å². The molecule has 0 aliphatic heterocycles. The molecule has 0 atom stereocenters. The summed E-state index contributed by atoms with van der Waals surface area (Å²) in [6.07, 6.45) is 0. The van der Waals surface area contributed by atoms with E-state index >= 15 is 0 Å². The predicted molar refractivity (Wildman–Crippen MR) is 83.2 cm³/mol. The predicted octanol–water partition coefficient (Wildman–Crippen LogP) is 5.06. The van der Waals surface area contributed by atoms with Gasteiger partial charge in [0.15, 0.2) is 0 Å². The van der Waals surface area contributed by atoms with Gasteiger partial charge in [-0.25, -0.2) is 4.98 Å². The highest BCUT2D eigenvalue weighted by molar-refractivity contribution is 7.18. The molecule has 5 heteroatoms. The van der Waals surface area contributed by atoms with Crippen molar-refractivity contribution in [1.29, 1.82) is 0 Å². The van der Waals surface area contributed by atoms with Gasteiger partial charge in [-0.15, -0.1) is 11.3 Å². The molecular formula is C15H13ClN2OS. The summed E-state index contributed by atoms with van der Waals surface area (Å²) in [4.78, 5) is 10.5. The zero-order valence-electron chi connectivity index (χ0n) is 11.4. The number of hydrogen-bond acceptors (Lipinski definition) is 4. The molecule has 102 valence electrons. The van der Waals surface area contributed by atoms with Crippen LogP contribution < -0.4 is 4.74 Å². The standard InChI is InChI=1S/C15H13ClN2OS/c1-8-5-4-6-12(10(8)3)19-13-11-7-9(2)20-14(11)18-15(16)17-13/h4-7H,1-3H3. The smallest absolute Gasteiger partial charge is 0.232 e. The van der Waals surface area contributed by atoms with E-state index in [9.17, 15) is 0 Å². The second-order valence-corrected chi connectivity index (χ2v) is 6.25. The van der Waals surface area contributed by atoms with E-state index in [0.717, 1.165) is 26.4 Å². The summed E-state index contributed by atoms with van der Waals surface area (Å²) in [5, 5.41) is 1.11. The van der Waals surface area contributed by atoms with Gasteiger partial charge in [0, 0.05) is 4.88 Å². The van der Waals surface area contributed by atoms with Crippen molar-refractivity contribution < 1.29 is 4.74 Å². The van der Waals surface area contributed by atoms with Crippen LogP contribution in [0.1, 0.15) is 16.0 Å². The SMILES string of the molecule is Cc1cc2c(Oc3cccc(C)c3C)nc(Cl)nc2s1. The first-order chi connectivity index (χ1) is 9.54. The zero-order valence-corrected chi connectivity index (χ0v) is 13.0. The fourth-order valence-electron chi connectivity index (χ4n) is 2.01. The Bertz CT molecular complexity index is 798. The Kier molecular flexibility index (Phi) is 3.36. The molecule has 3 aromatic rings. The maximum Gasteiger partial charge on any atom is 0.232 e. The number of hydrogen-bond donors (Lipinski definition) is 0. The van der Waals surface area contributed by atoms with Crippen LogP contribution in [0.4, 0.5) is 0 Å². The second-order valence-electron chi connectivity index (χ2n) is 4.67. The third-order valence-electron chi connectivity index (χ3n) is 3.22. The highest BCUT2D eigenvalue weighted by Crippen LogP contribution is 2.34. The van der Waals surface area contributed by atoms with Crippen molar-refractivity contribution >= 4 is 33.2 Å². The number of halogens is 1. The minimum absolute atomic E-state index is 0.208. The molecule has 0 radical (unpaired) electrons. The average molecular weight is 305 g/mol. The highest BCUT2D eigenvalue weighted by atomic mass is 35.5. The molecule has 3 nitrogen and oxygen atoms in total. The lowest BCUT2D eigenvalue weighted by atomic mass is 10.1. The van der Waals surface area contributed by atoms with Gasteiger partial charge >= 0.3 is 0 Å².